The normalized spacial score (nSPS) is 10.8. The van der Waals surface area contributed by atoms with Gasteiger partial charge >= 0.3 is 0 Å². The molecule has 8 heteroatoms. The fourth-order valence-corrected chi connectivity index (χ4v) is 4.06. The molecule has 28 heavy (non-hydrogen) atoms. The number of nitrogens with one attached hydrogen (secondary N) is 1. The number of halogens is 1. The molecule has 1 heterocycles. The van der Waals surface area contributed by atoms with Crippen LogP contribution in [0.2, 0.25) is 0 Å². The molecule has 0 unspecified atom stereocenters. The Morgan fingerprint density at radius 1 is 1.11 bits per heavy atom. The maximum atomic E-state index is 13.1. The van der Waals surface area contributed by atoms with Crippen LogP contribution in [0.1, 0.15) is 5.56 Å². The number of hydrogen-bond donors (Lipinski definition) is 1. The molecule has 0 spiro atoms. The minimum atomic E-state index is -0.292. The van der Waals surface area contributed by atoms with Crippen LogP contribution in [0, 0.1) is 5.82 Å². The van der Waals surface area contributed by atoms with Gasteiger partial charge in [0.2, 0.25) is 5.91 Å². The molecule has 3 aromatic rings. The third kappa shape index (κ3) is 5.84. The molecular formula is C20H21FN4OS2. The molecule has 0 fully saturated rings. The van der Waals surface area contributed by atoms with E-state index in [4.69, 9.17) is 0 Å². The summed E-state index contributed by atoms with van der Waals surface area (Å²) in [5.74, 6) is 2.40. The van der Waals surface area contributed by atoms with Crippen LogP contribution in [0.15, 0.2) is 59.8 Å². The smallest absolute Gasteiger partial charge is 0.230 e. The molecule has 2 aromatic carbocycles. The Bertz CT molecular complexity index is 900. The van der Waals surface area contributed by atoms with Gasteiger partial charge in [-0.25, -0.2) is 4.39 Å². The first-order valence-electron chi connectivity index (χ1n) is 8.80. The van der Waals surface area contributed by atoms with Crippen molar-refractivity contribution >= 4 is 29.4 Å². The second kappa shape index (κ2) is 10.3. The summed E-state index contributed by atoms with van der Waals surface area (Å²) < 4.78 is 14.9. The molecule has 0 bridgehead atoms. The fraction of sp³-hybridized carbons (Fsp3) is 0.250. The van der Waals surface area contributed by atoms with Gasteiger partial charge in [0.25, 0.3) is 0 Å². The Kier molecular flexibility index (Phi) is 7.50. The van der Waals surface area contributed by atoms with Crippen molar-refractivity contribution in [3.05, 3.63) is 66.0 Å². The van der Waals surface area contributed by atoms with Crippen LogP contribution in [0.3, 0.4) is 0 Å². The molecule has 1 aromatic heterocycles. The number of benzene rings is 2. The van der Waals surface area contributed by atoms with Gasteiger partial charge < -0.3 is 9.88 Å². The van der Waals surface area contributed by atoms with E-state index >= 15 is 0 Å². The lowest BCUT2D eigenvalue weighted by Crippen LogP contribution is -2.27. The first kappa shape index (κ1) is 20.4. The molecule has 1 amide bonds. The van der Waals surface area contributed by atoms with Crippen molar-refractivity contribution in [1.29, 1.82) is 0 Å². The van der Waals surface area contributed by atoms with Gasteiger partial charge in [0.1, 0.15) is 5.82 Å². The van der Waals surface area contributed by atoms with Crippen molar-refractivity contribution in [2.75, 3.05) is 18.1 Å². The minimum absolute atomic E-state index is 0.0309. The first-order chi connectivity index (χ1) is 13.6. The third-order valence-corrected chi connectivity index (χ3v) is 6.00. The van der Waals surface area contributed by atoms with E-state index in [2.05, 4.69) is 27.6 Å². The van der Waals surface area contributed by atoms with Crippen molar-refractivity contribution < 1.29 is 9.18 Å². The quantitative estimate of drug-likeness (QED) is 0.425. The molecule has 0 atom stereocenters. The summed E-state index contributed by atoms with van der Waals surface area (Å²) in [5.41, 5.74) is 2.07. The summed E-state index contributed by atoms with van der Waals surface area (Å²) in [6.07, 6.45) is 0. The molecule has 0 aliphatic heterocycles. The van der Waals surface area contributed by atoms with E-state index in [1.807, 2.05) is 25.2 Å². The van der Waals surface area contributed by atoms with Crippen LogP contribution in [-0.4, -0.2) is 38.7 Å². The number of rotatable bonds is 9. The summed E-state index contributed by atoms with van der Waals surface area (Å²) >= 11 is 3.12. The van der Waals surface area contributed by atoms with Crippen LogP contribution in [0.4, 0.5) is 4.39 Å². The van der Waals surface area contributed by atoms with Crippen LogP contribution in [0.5, 0.6) is 0 Å². The van der Waals surface area contributed by atoms with Gasteiger partial charge in [-0.3, -0.25) is 4.79 Å². The molecule has 0 aliphatic carbocycles. The van der Waals surface area contributed by atoms with E-state index in [1.165, 1.54) is 29.5 Å². The van der Waals surface area contributed by atoms with E-state index < -0.39 is 0 Å². The van der Waals surface area contributed by atoms with Gasteiger partial charge in [-0.2, -0.15) is 11.8 Å². The molecule has 0 aliphatic rings. The number of nitrogens with zero attached hydrogens (tertiary/aromatic N) is 3. The van der Waals surface area contributed by atoms with Gasteiger partial charge in [-0.05, 0) is 29.8 Å². The Hall–Kier alpha value is -2.32. The molecule has 1 N–H and O–H groups in total. The maximum absolute atomic E-state index is 13.1. The highest BCUT2D eigenvalue weighted by atomic mass is 32.2. The SMILES string of the molecule is Cn1c(SCC(=O)NCCSCc2ccccc2)nnc1-c1ccc(F)cc1. The number of aromatic nitrogens is 3. The summed E-state index contributed by atoms with van der Waals surface area (Å²) in [6, 6.07) is 16.4. The predicted octanol–water partition coefficient (Wildman–Crippen LogP) is 3.76. The van der Waals surface area contributed by atoms with Crippen LogP contribution in [-0.2, 0) is 17.6 Å². The molecule has 0 saturated carbocycles. The largest absolute Gasteiger partial charge is 0.355 e. The average molecular weight is 417 g/mol. The van der Waals surface area contributed by atoms with E-state index in [1.54, 1.807) is 28.5 Å². The molecule has 5 nitrogen and oxygen atoms in total. The summed E-state index contributed by atoms with van der Waals surface area (Å²) in [6.45, 7) is 0.635. The lowest BCUT2D eigenvalue weighted by molar-refractivity contribution is -0.118. The van der Waals surface area contributed by atoms with Gasteiger partial charge in [0.15, 0.2) is 11.0 Å². The zero-order valence-corrected chi connectivity index (χ0v) is 17.1. The number of hydrogen-bond acceptors (Lipinski definition) is 5. The van der Waals surface area contributed by atoms with Gasteiger partial charge in [0.05, 0.1) is 5.75 Å². The van der Waals surface area contributed by atoms with Crippen molar-refractivity contribution in [3.8, 4) is 11.4 Å². The van der Waals surface area contributed by atoms with E-state index in [0.717, 1.165) is 17.1 Å². The molecule has 146 valence electrons. The molecule has 3 rings (SSSR count). The molecule has 0 radical (unpaired) electrons. The molecule has 0 saturated heterocycles. The Balaban J connectivity index is 1.39. The zero-order valence-electron chi connectivity index (χ0n) is 15.5. The van der Waals surface area contributed by atoms with Crippen LogP contribution < -0.4 is 5.32 Å². The Labute approximate surface area is 172 Å². The number of carbonyl (C=O) groups is 1. The second-order valence-corrected chi connectivity index (χ2v) is 8.10. The van der Waals surface area contributed by atoms with E-state index in [9.17, 15) is 9.18 Å². The third-order valence-electron chi connectivity index (χ3n) is 3.95. The number of carbonyl (C=O) groups excluding carboxylic acids is 1. The lowest BCUT2D eigenvalue weighted by Gasteiger charge is -2.06. The van der Waals surface area contributed by atoms with E-state index in [-0.39, 0.29) is 17.5 Å². The zero-order chi connectivity index (χ0) is 19.8. The van der Waals surface area contributed by atoms with Gasteiger partial charge in [-0.1, -0.05) is 42.1 Å². The van der Waals surface area contributed by atoms with Crippen molar-refractivity contribution in [2.24, 2.45) is 7.05 Å². The number of amides is 1. The van der Waals surface area contributed by atoms with E-state index in [0.29, 0.717) is 17.5 Å². The summed E-state index contributed by atoms with van der Waals surface area (Å²) in [4.78, 5) is 12.0. The second-order valence-electron chi connectivity index (χ2n) is 6.05. The standard InChI is InChI=1S/C20H21FN4OS2/c1-25-19(16-7-9-17(21)10-8-16)23-24-20(25)28-14-18(26)22-11-12-27-13-15-5-3-2-4-6-15/h2-10H,11-14H2,1H3,(H,22,26). The first-order valence-corrected chi connectivity index (χ1v) is 10.9. The van der Waals surface area contributed by atoms with Crippen molar-refractivity contribution in [3.63, 3.8) is 0 Å². The van der Waals surface area contributed by atoms with Crippen molar-refractivity contribution in [2.45, 2.75) is 10.9 Å². The highest BCUT2D eigenvalue weighted by molar-refractivity contribution is 7.99. The highest BCUT2D eigenvalue weighted by Gasteiger charge is 2.12. The summed E-state index contributed by atoms with van der Waals surface area (Å²) in [7, 11) is 1.83. The summed E-state index contributed by atoms with van der Waals surface area (Å²) in [5, 5.41) is 11.8. The van der Waals surface area contributed by atoms with Crippen molar-refractivity contribution in [1.82, 2.24) is 20.1 Å². The maximum Gasteiger partial charge on any atom is 0.230 e. The van der Waals surface area contributed by atoms with Crippen LogP contribution in [0.25, 0.3) is 11.4 Å². The van der Waals surface area contributed by atoms with Gasteiger partial charge in [0, 0.05) is 30.7 Å². The minimum Gasteiger partial charge on any atom is -0.355 e. The number of thioether (sulfide) groups is 2. The predicted molar refractivity (Wildman–Crippen MR) is 113 cm³/mol. The van der Waals surface area contributed by atoms with Gasteiger partial charge in [-0.15, -0.1) is 10.2 Å². The lowest BCUT2D eigenvalue weighted by atomic mass is 10.2. The average Bonchev–Trinajstić information content (AvgIpc) is 3.08. The topological polar surface area (TPSA) is 59.8 Å². The Morgan fingerprint density at radius 3 is 2.61 bits per heavy atom. The Morgan fingerprint density at radius 2 is 1.86 bits per heavy atom. The monoisotopic (exact) mass is 416 g/mol. The molecular weight excluding hydrogens is 395 g/mol. The van der Waals surface area contributed by atoms with Crippen LogP contribution >= 0.6 is 23.5 Å². The fourth-order valence-electron chi connectivity index (χ4n) is 2.50. The highest BCUT2D eigenvalue weighted by Crippen LogP contribution is 2.22.